The smallest absolute Gasteiger partial charge is 0.409 e. The standard InChI is InChI=1S/C7H12INO2/c1-11-7(10)9-4-2-3-6(8)5-9/h6H,2-5H2,1H3. The molecule has 0 aromatic rings. The van der Waals surface area contributed by atoms with Crippen molar-refractivity contribution in [3.05, 3.63) is 0 Å². The lowest BCUT2D eigenvalue weighted by atomic mass is 10.1. The Bertz CT molecular complexity index is 151. The predicted octanol–water partition coefficient (Wildman–Crippen LogP) is 1.65. The van der Waals surface area contributed by atoms with Crippen molar-refractivity contribution in [1.82, 2.24) is 4.90 Å². The van der Waals surface area contributed by atoms with Crippen LogP contribution in [-0.4, -0.2) is 35.1 Å². The fourth-order valence-electron chi connectivity index (χ4n) is 1.22. The fraction of sp³-hybridized carbons (Fsp3) is 0.857. The highest BCUT2D eigenvalue weighted by atomic mass is 127. The SMILES string of the molecule is COC(=O)N1CCCC(I)C1. The summed E-state index contributed by atoms with van der Waals surface area (Å²) >= 11 is 2.37. The second-order valence-corrected chi connectivity index (χ2v) is 4.42. The van der Waals surface area contributed by atoms with E-state index in [4.69, 9.17) is 0 Å². The van der Waals surface area contributed by atoms with Gasteiger partial charge in [-0.3, -0.25) is 0 Å². The molecule has 0 aromatic heterocycles. The molecular weight excluding hydrogens is 257 g/mol. The van der Waals surface area contributed by atoms with Crippen LogP contribution in [0.5, 0.6) is 0 Å². The van der Waals surface area contributed by atoms with Gasteiger partial charge in [-0.15, -0.1) is 0 Å². The predicted molar refractivity (Wildman–Crippen MR) is 51.0 cm³/mol. The minimum absolute atomic E-state index is 0.189. The van der Waals surface area contributed by atoms with E-state index in [1.807, 2.05) is 0 Å². The van der Waals surface area contributed by atoms with Crippen LogP contribution in [0.1, 0.15) is 12.8 Å². The third kappa shape index (κ3) is 2.50. The van der Waals surface area contributed by atoms with Crippen molar-refractivity contribution >= 4 is 28.7 Å². The molecule has 1 unspecified atom stereocenters. The van der Waals surface area contributed by atoms with Gasteiger partial charge >= 0.3 is 6.09 Å². The molecule has 1 amide bonds. The van der Waals surface area contributed by atoms with E-state index < -0.39 is 0 Å². The fourth-order valence-corrected chi connectivity index (χ4v) is 2.14. The molecule has 64 valence electrons. The summed E-state index contributed by atoms with van der Waals surface area (Å²) < 4.78 is 5.22. The molecular formula is C7H12INO2. The van der Waals surface area contributed by atoms with E-state index in [-0.39, 0.29) is 6.09 Å². The van der Waals surface area contributed by atoms with Crippen molar-refractivity contribution in [3.8, 4) is 0 Å². The second kappa shape index (κ2) is 4.13. The zero-order chi connectivity index (χ0) is 8.27. The summed E-state index contributed by atoms with van der Waals surface area (Å²) in [6.45, 7) is 1.69. The molecule has 0 aliphatic carbocycles. The van der Waals surface area contributed by atoms with Crippen LogP contribution in [0.4, 0.5) is 4.79 Å². The Hall–Kier alpha value is 0. The minimum Gasteiger partial charge on any atom is -0.453 e. The van der Waals surface area contributed by atoms with Gasteiger partial charge in [-0.25, -0.2) is 4.79 Å². The average molecular weight is 269 g/mol. The van der Waals surface area contributed by atoms with Crippen LogP contribution in [0, 0.1) is 0 Å². The van der Waals surface area contributed by atoms with Crippen LogP contribution in [0.15, 0.2) is 0 Å². The summed E-state index contributed by atoms with van der Waals surface area (Å²) in [7, 11) is 1.43. The van der Waals surface area contributed by atoms with Crippen LogP contribution < -0.4 is 0 Å². The highest BCUT2D eigenvalue weighted by Crippen LogP contribution is 2.17. The number of carbonyl (C=O) groups is 1. The molecule has 0 aromatic carbocycles. The Balaban J connectivity index is 2.39. The van der Waals surface area contributed by atoms with Gasteiger partial charge in [-0.1, -0.05) is 22.6 Å². The summed E-state index contributed by atoms with van der Waals surface area (Å²) in [5.41, 5.74) is 0. The highest BCUT2D eigenvalue weighted by Gasteiger charge is 2.21. The lowest BCUT2D eigenvalue weighted by molar-refractivity contribution is 0.117. The molecule has 1 heterocycles. The Labute approximate surface area is 80.2 Å². The van der Waals surface area contributed by atoms with Crippen LogP contribution in [0.25, 0.3) is 0 Å². The van der Waals surface area contributed by atoms with Gasteiger partial charge in [0.2, 0.25) is 0 Å². The molecule has 4 heteroatoms. The van der Waals surface area contributed by atoms with Gasteiger partial charge in [-0.2, -0.15) is 0 Å². The maximum atomic E-state index is 11.0. The topological polar surface area (TPSA) is 29.5 Å². The number of ether oxygens (including phenoxy) is 1. The molecule has 0 bridgehead atoms. The first-order chi connectivity index (χ1) is 5.24. The van der Waals surface area contributed by atoms with Crippen molar-refractivity contribution in [1.29, 1.82) is 0 Å². The second-order valence-electron chi connectivity index (χ2n) is 2.66. The van der Waals surface area contributed by atoms with E-state index in [9.17, 15) is 4.79 Å². The van der Waals surface area contributed by atoms with E-state index in [0.29, 0.717) is 3.92 Å². The Morgan fingerprint density at radius 2 is 2.45 bits per heavy atom. The van der Waals surface area contributed by atoms with Gasteiger partial charge in [0.05, 0.1) is 7.11 Å². The molecule has 0 saturated carbocycles. The normalized spacial score (nSPS) is 24.9. The summed E-state index contributed by atoms with van der Waals surface area (Å²) in [4.78, 5) is 12.8. The third-order valence-corrected chi connectivity index (χ3v) is 2.81. The number of hydrogen-bond donors (Lipinski definition) is 0. The molecule has 0 radical (unpaired) electrons. The average Bonchev–Trinajstić information content (AvgIpc) is 2.03. The van der Waals surface area contributed by atoms with E-state index in [1.54, 1.807) is 4.90 Å². The number of methoxy groups -OCH3 is 1. The first-order valence-corrected chi connectivity index (χ1v) is 4.95. The Morgan fingerprint density at radius 3 is 3.00 bits per heavy atom. The number of hydrogen-bond acceptors (Lipinski definition) is 2. The number of amides is 1. The third-order valence-electron chi connectivity index (χ3n) is 1.80. The molecule has 1 aliphatic heterocycles. The lowest BCUT2D eigenvalue weighted by Crippen LogP contribution is -2.40. The summed E-state index contributed by atoms with van der Waals surface area (Å²) in [6, 6.07) is 0. The van der Waals surface area contributed by atoms with Crippen molar-refractivity contribution in [2.75, 3.05) is 20.2 Å². The van der Waals surface area contributed by atoms with Crippen LogP contribution in [0.2, 0.25) is 0 Å². The molecule has 1 saturated heterocycles. The van der Waals surface area contributed by atoms with Crippen LogP contribution in [0.3, 0.4) is 0 Å². The van der Waals surface area contributed by atoms with Crippen molar-refractivity contribution < 1.29 is 9.53 Å². The van der Waals surface area contributed by atoms with E-state index in [0.717, 1.165) is 19.5 Å². The molecule has 1 fully saturated rings. The molecule has 0 spiro atoms. The zero-order valence-electron chi connectivity index (χ0n) is 6.55. The molecule has 1 rings (SSSR count). The van der Waals surface area contributed by atoms with Crippen molar-refractivity contribution in [2.24, 2.45) is 0 Å². The first kappa shape index (κ1) is 9.09. The van der Waals surface area contributed by atoms with E-state index in [2.05, 4.69) is 27.3 Å². The number of nitrogens with zero attached hydrogens (tertiary/aromatic N) is 1. The van der Waals surface area contributed by atoms with Crippen molar-refractivity contribution in [3.63, 3.8) is 0 Å². The summed E-state index contributed by atoms with van der Waals surface area (Å²) in [5, 5.41) is 0. The van der Waals surface area contributed by atoms with Gasteiger partial charge in [0, 0.05) is 17.0 Å². The maximum Gasteiger partial charge on any atom is 0.409 e. The largest absolute Gasteiger partial charge is 0.453 e. The van der Waals surface area contributed by atoms with Gasteiger partial charge in [-0.05, 0) is 12.8 Å². The molecule has 1 aliphatic rings. The number of piperidine rings is 1. The molecule has 11 heavy (non-hydrogen) atoms. The maximum absolute atomic E-state index is 11.0. The number of rotatable bonds is 0. The highest BCUT2D eigenvalue weighted by molar-refractivity contribution is 14.1. The lowest BCUT2D eigenvalue weighted by Gasteiger charge is -2.28. The van der Waals surface area contributed by atoms with E-state index in [1.165, 1.54) is 13.5 Å². The minimum atomic E-state index is -0.189. The van der Waals surface area contributed by atoms with Crippen LogP contribution >= 0.6 is 22.6 Å². The van der Waals surface area contributed by atoms with Crippen molar-refractivity contribution in [2.45, 2.75) is 16.8 Å². The zero-order valence-corrected chi connectivity index (χ0v) is 8.70. The monoisotopic (exact) mass is 269 g/mol. The van der Waals surface area contributed by atoms with Gasteiger partial charge in [0.25, 0.3) is 0 Å². The number of halogens is 1. The van der Waals surface area contributed by atoms with E-state index >= 15 is 0 Å². The summed E-state index contributed by atoms with van der Waals surface area (Å²) in [6.07, 6.45) is 2.13. The van der Waals surface area contributed by atoms with Gasteiger partial charge in [0.1, 0.15) is 0 Å². The number of alkyl halides is 1. The molecule has 3 nitrogen and oxygen atoms in total. The Kier molecular flexibility index (Phi) is 3.42. The van der Waals surface area contributed by atoms with Gasteiger partial charge < -0.3 is 9.64 Å². The number of likely N-dealkylation sites (tertiary alicyclic amines) is 1. The number of carbonyl (C=O) groups excluding carboxylic acids is 1. The Morgan fingerprint density at radius 1 is 1.73 bits per heavy atom. The molecule has 0 N–H and O–H groups in total. The first-order valence-electron chi connectivity index (χ1n) is 3.71. The molecule has 1 atom stereocenters. The van der Waals surface area contributed by atoms with Crippen LogP contribution in [-0.2, 0) is 4.74 Å². The quantitative estimate of drug-likeness (QED) is 0.494. The van der Waals surface area contributed by atoms with Gasteiger partial charge in [0.15, 0.2) is 0 Å². The summed E-state index contributed by atoms with van der Waals surface area (Å²) in [5.74, 6) is 0.